The Balaban J connectivity index is 0.000000461. The maximum Gasteiger partial charge on any atom is -0.00174 e. The Bertz CT molecular complexity index is 80.9. The lowest BCUT2D eigenvalue weighted by molar-refractivity contribution is 0.418. The van der Waals surface area contributed by atoms with Gasteiger partial charge in [0.15, 0.2) is 0 Å². The highest BCUT2D eigenvalue weighted by atomic mass is 14.9. The van der Waals surface area contributed by atoms with E-state index in [4.69, 9.17) is 0 Å². The second-order valence-corrected chi connectivity index (χ2v) is 3.18. The van der Waals surface area contributed by atoms with Gasteiger partial charge in [-0.05, 0) is 31.3 Å². The molecular weight excluding hydrogens is 134 g/mol. The number of hydrogen-bond acceptors (Lipinski definition) is 1. The molecule has 1 nitrogen and oxygen atoms in total. The quantitative estimate of drug-likeness (QED) is 0.650. The minimum Gasteiger partial charge on any atom is -0.316 e. The van der Waals surface area contributed by atoms with Crippen LogP contribution in [0.3, 0.4) is 0 Å². The van der Waals surface area contributed by atoms with Crippen molar-refractivity contribution in [2.75, 3.05) is 13.1 Å². The highest BCUT2D eigenvalue weighted by Crippen LogP contribution is 2.20. The Hall–Kier alpha value is -0.0400. The molecule has 11 heavy (non-hydrogen) atoms. The van der Waals surface area contributed by atoms with Crippen molar-refractivity contribution in [3.8, 4) is 0 Å². The first-order valence-corrected chi connectivity index (χ1v) is 5.05. The fraction of sp³-hybridized carbons (Fsp3) is 1.00. The highest BCUT2D eigenvalue weighted by molar-refractivity contribution is 4.76. The van der Waals surface area contributed by atoms with Gasteiger partial charge >= 0.3 is 0 Å². The summed E-state index contributed by atoms with van der Waals surface area (Å²) < 4.78 is 0. The zero-order chi connectivity index (χ0) is 8.69. The first-order chi connectivity index (χ1) is 5.34. The van der Waals surface area contributed by atoms with Gasteiger partial charge in [-0.25, -0.2) is 0 Å². The molecule has 0 aliphatic carbocycles. The molecule has 0 aromatic heterocycles. The summed E-state index contributed by atoms with van der Waals surface area (Å²) in [6.45, 7) is 11.1. The molecule has 1 rings (SSSR count). The lowest BCUT2D eigenvalue weighted by Gasteiger charge is -2.11. The van der Waals surface area contributed by atoms with Gasteiger partial charge in [-0.2, -0.15) is 0 Å². The summed E-state index contributed by atoms with van der Waals surface area (Å²) in [5.74, 6) is 1.89. The summed E-state index contributed by atoms with van der Waals surface area (Å²) in [7, 11) is 0. The van der Waals surface area contributed by atoms with E-state index in [-0.39, 0.29) is 0 Å². The molecule has 0 amide bonds. The molecule has 1 saturated heterocycles. The van der Waals surface area contributed by atoms with E-state index >= 15 is 0 Å². The Kier molecular flexibility index (Phi) is 6.63. The third kappa shape index (κ3) is 3.76. The lowest BCUT2D eigenvalue weighted by atomic mass is 9.94. The smallest absolute Gasteiger partial charge is 0.00174 e. The molecule has 1 aliphatic heterocycles. The van der Waals surface area contributed by atoms with Crippen LogP contribution in [0.5, 0.6) is 0 Å². The third-order valence-corrected chi connectivity index (χ3v) is 2.34. The number of nitrogens with one attached hydrogen (secondary N) is 1. The van der Waals surface area contributed by atoms with E-state index < -0.39 is 0 Å². The lowest BCUT2D eigenvalue weighted by Crippen LogP contribution is -2.08. The summed E-state index contributed by atoms with van der Waals surface area (Å²) in [5, 5.41) is 3.41. The predicted octanol–water partition coefficient (Wildman–Crippen LogP) is 2.67. The zero-order valence-electron chi connectivity index (χ0n) is 8.48. The van der Waals surface area contributed by atoms with Gasteiger partial charge in [-0.1, -0.05) is 34.1 Å². The van der Waals surface area contributed by atoms with Crippen LogP contribution in [-0.2, 0) is 0 Å². The number of rotatable bonds is 2. The van der Waals surface area contributed by atoms with E-state index in [2.05, 4.69) is 19.2 Å². The molecule has 0 saturated carbocycles. The predicted molar refractivity (Wildman–Crippen MR) is 51.8 cm³/mol. The van der Waals surface area contributed by atoms with Crippen molar-refractivity contribution in [1.82, 2.24) is 5.32 Å². The molecular formula is C10H23N. The Morgan fingerprint density at radius 2 is 1.91 bits per heavy atom. The molecule has 68 valence electrons. The molecule has 1 N–H and O–H groups in total. The first kappa shape index (κ1) is 11.0. The average Bonchev–Trinajstić information content (AvgIpc) is 2.42. The van der Waals surface area contributed by atoms with Gasteiger partial charge in [-0.3, -0.25) is 0 Å². The van der Waals surface area contributed by atoms with Gasteiger partial charge < -0.3 is 5.32 Å². The van der Waals surface area contributed by atoms with Crippen LogP contribution in [0.4, 0.5) is 0 Å². The van der Waals surface area contributed by atoms with Crippen LogP contribution >= 0.6 is 0 Å². The van der Waals surface area contributed by atoms with Crippen LogP contribution in [0.1, 0.15) is 40.5 Å². The monoisotopic (exact) mass is 157 g/mol. The maximum absolute atomic E-state index is 3.41. The van der Waals surface area contributed by atoms with Crippen LogP contribution in [-0.4, -0.2) is 13.1 Å². The van der Waals surface area contributed by atoms with E-state index in [1.807, 2.05) is 13.8 Å². The van der Waals surface area contributed by atoms with Crippen LogP contribution in [0.15, 0.2) is 0 Å². The van der Waals surface area contributed by atoms with Crippen LogP contribution < -0.4 is 5.32 Å². The standard InChI is InChI=1S/C8H17N.C2H6/c1-3-4-8-6-9-5-7(8)2;1-2/h7-9H,3-6H2,1-2H3;1-2H3. The molecule has 0 radical (unpaired) electrons. The van der Waals surface area contributed by atoms with Crippen molar-refractivity contribution in [2.45, 2.75) is 40.5 Å². The van der Waals surface area contributed by atoms with Gasteiger partial charge in [-0.15, -0.1) is 0 Å². The molecule has 1 heterocycles. The Morgan fingerprint density at radius 1 is 1.27 bits per heavy atom. The van der Waals surface area contributed by atoms with Crippen molar-refractivity contribution in [2.24, 2.45) is 11.8 Å². The van der Waals surface area contributed by atoms with E-state index in [9.17, 15) is 0 Å². The molecule has 1 heteroatoms. The molecule has 0 bridgehead atoms. The Labute approximate surface area is 71.6 Å². The van der Waals surface area contributed by atoms with Crippen molar-refractivity contribution >= 4 is 0 Å². The second kappa shape index (κ2) is 6.66. The molecule has 0 aromatic rings. The fourth-order valence-electron chi connectivity index (χ4n) is 1.62. The molecule has 1 aliphatic rings. The van der Waals surface area contributed by atoms with Crippen molar-refractivity contribution in [3.63, 3.8) is 0 Å². The third-order valence-electron chi connectivity index (χ3n) is 2.34. The van der Waals surface area contributed by atoms with Gasteiger partial charge in [0.25, 0.3) is 0 Å². The van der Waals surface area contributed by atoms with Gasteiger partial charge in [0, 0.05) is 0 Å². The van der Waals surface area contributed by atoms with Crippen molar-refractivity contribution in [3.05, 3.63) is 0 Å². The number of hydrogen-bond donors (Lipinski definition) is 1. The molecule has 0 aromatic carbocycles. The van der Waals surface area contributed by atoms with Gasteiger partial charge in [0.1, 0.15) is 0 Å². The Morgan fingerprint density at radius 3 is 2.27 bits per heavy atom. The SMILES string of the molecule is CC.CCCC1CNCC1C. The summed E-state index contributed by atoms with van der Waals surface area (Å²) in [6, 6.07) is 0. The van der Waals surface area contributed by atoms with Gasteiger partial charge in [0.05, 0.1) is 0 Å². The van der Waals surface area contributed by atoms with Gasteiger partial charge in [0.2, 0.25) is 0 Å². The zero-order valence-corrected chi connectivity index (χ0v) is 8.48. The van der Waals surface area contributed by atoms with E-state index in [0.29, 0.717) is 0 Å². The minimum atomic E-state index is 0.921. The summed E-state index contributed by atoms with van der Waals surface area (Å²) in [6.07, 6.45) is 2.75. The molecule has 2 atom stereocenters. The second-order valence-electron chi connectivity index (χ2n) is 3.18. The minimum absolute atomic E-state index is 0.921. The van der Waals surface area contributed by atoms with E-state index in [0.717, 1.165) is 11.8 Å². The molecule has 2 unspecified atom stereocenters. The summed E-state index contributed by atoms with van der Waals surface area (Å²) in [4.78, 5) is 0. The van der Waals surface area contributed by atoms with E-state index in [1.165, 1.54) is 25.9 Å². The molecule has 0 spiro atoms. The van der Waals surface area contributed by atoms with Crippen LogP contribution in [0.2, 0.25) is 0 Å². The largest absolute Gasteiger partial charge is 0.316 e. The van der Waals surface area contributed by atoms with E-state index in [1.54, 1.807) is 0 Å². The van der Waals surface area contributed by atoms with Crippen molar-refractivity contribution < 1.29 is 0 Å². The molecule has 1 fully saturated rings. The van der Waals surface area contributed by atoms with Crippen LogP contribution in [0.25, 0.3) is 0 Å². The maximum atomic E-state index is 3.41. The first-order valence-electron chi connectivity index (χ1n) is 5.05. The normalized spacial score (nSPS) is 29.5. The fourth-order valence-corrected chi connectivity index (χ4v) is 1.62. The summed E-state index contributed by atoms with van der Waals surface area (Å²) in [5.41, 5.74) is 0. The average molecular weight is 157 g/mol. The summed E-state index contributed by atoms with van der Waals surface area (Å²) >= 11 is 0. The van der Waals surface area contributed by atoms with Crippen molar-refractivity contribution in [1.29, 1.82) is 0 Å². The van der Waals surface area contributed by atoms with Crippen LogP contribution in [0, 0.1) is 11.8 Å². The highest BCUT2D eigenvalue weighted by Gasteiger charge is 2.21. The topological polar surface area (TPSA) is 12.0 Å².